The van der Waals surface area contributed by atoms with Crippen molar-refractivity contribution >= 4 is 5.57 Å². The molecule has 2 fully saturated rings. The van der Waals surface area contributed by atoms with Gasteiger partial charge in [0.15, 0.2) is 0 Å². The third-order valence-corrected chi connectivity index (χ3v) is 5.78. The molecule has 3 rings (SSSR count). The molecule has 2 aliphatic rings. The molecule has 1 aromatic rings. The molecule has 4 nitrogen and oxygen atoms in total. The molecule has 0 aromatic carbocycles. The molecule has 1 saturated heterocycles. The SMILES string of the molecule is CC.C\C=C/C(=C\C=C\OC1CCN(C2CCCC2)CC1)c1ccn(C(F)F)c(=O)c1. The number of halogens is 2. The molecule has 2 heterocycles. The van der Waals surface area contributed by atoms with Crippen molar-refractivity contribution < 1.29 is 13.5 Å². The van der Waals surface area contributed by atoms with Crippen molar-refractivity contribution in [1.82, 2.24) is 9.47 Å². The van der Waals surface area contributed by atoms with Gasteiger partial charge in [0.2, 0.25) is 0 Å². The maximum atomic E-state index is 12.7. The highest BCUT2D eigenvalue weighted by molar-refractivity contribution is 5.74. The Kier molecular flexibility index (Phi) is 10.7. The number of pyridine rings is 1. The van der Waals surface area contributed by atoms with Crippen molar-refractivity contribution in [2.45, 2.75) is 78.0 Å². The summed E-state index contributed by atoms with van der Waals surface area (Å²) in [4.78, 5) is 14.4. The van der Waals surface area contributed by atoms with Crippen molar-refractivity contribution in [3.05, 3.63) is 64.8 Å². The second-order valence-corrected chi connectivity index (χ2v) is 7.70. The topological polar surface area (TPSA) is 34.5 Å². The van der Waals surface area contributed by atoms with E-state index in [4.69, 9.17) is 4.74 Å². The van der Waals surface area contributed by atoms with Crippen molar-refractivity contribution in [3.63, 3.8) is 0 Å². The van der Waals surface area contributed by atoms with E-state index in [1.165, 1.54) is 37.8 Å². The number of aromatic nitrogens is 1. The van der Waals surface area contributed by atoms with E-state index in [0.29, 0.717) is 10.1 Å². The Morgan fingerprint density at radius 2 is 1.84 bits per heavy atom. The predicted octanol–water partition coefficient (Wildman–Crippen LogP) is 6.17. The molecule has 6 heteroatoms. The van der Waals surface area contributed by atoms with E-state index in [9.17, 15) is 13.6 Å². The maximum absolute atomic E-state index is 12.7. The first-order chi connectivity index (χ1) is 15.1. The molecule has 1 aliphatic heterocycles. The molecule has 0 radical (unpaired) electrons. The Bertz CT molecular complexity index is 800. The van der Waals surface area contributed by atoms with Crippen LogP contribution in [0.4, 0.5) is 8.78 Å². The predicted molar refractivity (Wildman–Crippen MR) is 123 cm³/mol. The molecule has 0 unspecified atom stereocenters. The summed E-state index contributed by atoms with van der Waals surface area (Å²) in [5.41, 5.74) is 0.642. The van der Waals surface area contributed by atoms with Gasteiger partial charge in [-0.15, -0.1) is 0 Å². The first kappa shape index (κ1) is 25.1. The van der Waals surface area contributed by atoms with E-state index in [1.807, 2.05) is 39.0 Å². The summed E-state index contributed by atoms with van der Waals surface area (Å²) < 4.78 is 31.8. The first-order valence-corrected chi connectivity index (χ1v) is 11.5. The lowest BCUT2D eigenvalue weighted by Gasteiger charge is -2.35. The van der Waals surface area contributed by atoms with E-state index < -0.39 is 12.1 Å². The van der Waals surface area contributed by atoms with Crippen LogP contribution in [0.25, 0.3) is 5.57 Å². The largest absolute Gasteiger partial charge is 0.498 e. The van der Waals surface area contributed by atoms with Gasteiger partial charge in [-0.05, 0) is 55.9 Å². The number of ether oxygens (including phenoxy) is 1. The third kappa shape index (κ3) is 7.46. The van der Waals surface area contributed by atoms with E-state index in [1.54, 1.807) is 12.3 Å². The smallest absolute Gasteiger partial charge is 0.321 e. The number of alkyl halides is 2. The van der Waals surface area contributed by atoms with Gasteiger partial charge >= 0.3 is 6.55 Å². The lowest BCUT2D eigenvalue weighted by atomic mass is 10.0. The van der Waals surface area contributed by atoms with Crippen molar-refractivity contribution in [1.29, 1.82) is 0 Å². The van der Waals surface area contributed by atoms with E-state index >= 15 is 0 Å². The molecule has 0 spiro atoms. The molecule has 0 atom stereocenters. The summed E-state index contributed by atoms with van der Waals surface area (Å²) in [6.07, 6.45) is 17.9. The van der Waals surface area contributed by atoms with Gasteiger partial charge < -0.3 is 9.64 Å². The average Bonchev–Trinajstić information content (AvgIpc) is 3.32. The number of nitrogens with zero attached hydrogens (tertiary/aromatic N) is 2. The quantitative estimate of drug-likeness (QED) is 0.380. The number of allylic oxidation sites excluding steroid dienone is 5. The van der Waals surface area contributed by atoms with Crippen LogP contribution in [-0.2, 0) is 4.74 Å². The van der Waals surface area contributed by atoms with Crippen LogP contribution in [0.2, 0.25) is 0 Å². The summed E-state index contributed by atoms with van der Waals surface area (Å²) in [6, 6.07) is 3.52. The minimum absolute atomic E-state index is 0.234. The zero-order valence-corrected chi connectivity index (χ0v) is 19.0. The molecule has 31 heavy (non-hydrogen) atoms. The van der Waals surface area contributed by atoms with Crippen LogP contribution >= 0.6 is 0 Å². The highest BCUT2D eigenvalue weighted by atomic mass is 19.3. The number of piperidine rings is 1. The van der Waals surface area contributed by atoms with Gasteiger partial charge in [-0.2, -0.15) is 8.78 Å². The molecular weight excluding hydrogens is 398 g/mol. The Balaban J connectivity index is 0.00000166. The highest BCUT2D eigenvalue weighted by Gasteiger charge is 2.27. The minimum Gasteiger partial charge on any atom is -0.498 e. The van der Waals surface area contributed by atoms with Crippen LogP contribution < -0.4 is 5.56 Å². The van der Waals surface area contributed by atoms with Crippen LogP contribution in [0, 0.1) is 0 Å². The van der Waals surface area contributed by atoms with E-state index in [0.717, 1.165) is 43.7 Å². The van der Waals surface area contributed by atoms with Crippen LogP contribution in [0.3, 0.4) is 0 Å². The molecule has 0 N–H and O–H groups in total. The summed E-state index contributed by atoms with van der Waals surface area (Å²) in [6.45, 7) is 5.23. The maximum Gasteiger partial charge on any atom is 0.321 e. The Morgan fingerprint density at radius 3 is 2.42 bits per heavy atom. The zero-order chi connectivity index (χ0) is 22.6. The molecule has 1 aromatic heterocycles. The minimum atomic E-state index is -2.83. The van der Waals surface area contributed by atoms with Crippen LogP contribution in [0.15, 0.2) is 53.7 Å². The van der Waals surface area contributed by atoms with Gasteiger partial charge in [-0.3, -0.25) is 9.36 Å². The van der Waals surface area contributed by atoms with Crippen molar-refractivity contribution in [2.24, 2.45) is 0 Å². The lowest BCUT2D eigenvalue weighted by Crippen LogP contribution is -2.41. The monoisotopic (exact) mass is 434 g/mol. The number of likely N-dealkylation sites (tertiary alicyclic amines) is 1. The molecule has 1 aliphatic carbocycles. The first-order valence-electron chi connectivity index (χ1n) is 11.5. The number of hydrogen-bond acceptors (Lipinski definition) is 3. The Morgan fingerprint density at radius 1 is 1.16 bits per heavy atom. The molecular formula is C25H36F2N2O2. The van der Waals surface area contributed by atoms with Crippen LogP contribution in [0.1, 0.15) is 71.4 Å². The summed E-state index contributed by atoms with van der Waals surface area (Å²) in [5, 5.41) is 0. The van der Waals surface area contributed by atoms with Crippen molar-refractivity contribution in [3.8, 4) is 0 Å². The van der Waals surface area contributed by atoms with Gasteiger partial charge in [0, 0.05) is 31.4 Å². The van der Waals surface area contributed by atoms with E-state index in [-0.39, 0.29) is 6.10 Å². The second kappa shape index (κ2) is 13.3. The van der Waals surface area contributed by atoms with E-state index in [2.05, 4.69) is 4.90 Å². The fraction of sp³-hybridized carbons (Fsp3) is 0.560. The third-order valence-electron chi connectivity index (χ3n) is 5.78. The Labute approximate surface area is 184 Å². The normalized spacial score (nSPS) is 19.4. The molecule has 172 valence electrons. The molecule has 0 bridgehead atoms. The van der Waals surface area contributed by atoms with Gasteiger partial charge in [0.1, 0.15) is 6.10 Å². The number of hydrogen-bond donors (Lipinski definition) is 0. The fourth-order valence-electron chi connectivity index (χ4n) is 4.20. The van der Waals surface area contributed by atoms with Gasteiger partial charge in [-0.1, -0.05) is 44.9 Å². The summed E-state index contributed by atoms with van der Waals surface area (Å²) in [5.74, 6) is 0. The van der Waals surface area contributed by atoms with Crippen molar-refractivity contribution in [2.75, 3.05) is 13.1 Å². The Hall–Kier alpha value is -2.21. The average molecular weight is 435 g/mol. The highest BCUT2D eigenvalue weighted by Crippen LogP contribution is 2.27. The van der Waals surface area contributed by atoms with Gasteiger partial charge in [-0.25, -0.2) is 0 Å². The summed E-state index contributed by atoms with van der Waals surface area (Å²) >= 11 is 0. The standard InChI is InChI=1S/C23H30F2N2O2.C2H6/c1-2-6-18(19-10-15-27(23(24)25)22(28)17-19)7-5-16-29-21-11-13-26(14-12-21)20-8-3-4-9-20;1-2/h2,5-7,10,15-17,20-21,23H,3-4,8-9,11-14H2,1H3;1-2H3/b6-2-,16-5+,18-7+;. The second-order valence-electron chi connectivity index (χ2n) is 7.70. The molecule has 1 saturated carbocycles. The van der Waals surface area contributed by atoms with Gasteiger partial charge in [0.05, 0.1) is 6.26 Å². The van der Waals surface area contributed by atoms with Gasteiger partial charge in [0.25, 0.3) is 5.56 Å². The summed E-state index contributed by atoms with van der Waals surface area (Å²) in [7, 11) is 0. The lowest BCUT2D eigenvalue weighted by molar-refractivity contribution is 0.0501. The number of rotatable bonds is 7. The molecule has 0 amide bonds. The van der Waals surface area contributed by atoms with Crippen LogP contribution in [0.5, 0.6) is 0 Å². The zero-order valence-electron chi connectivity index (χ0n) is 19.0. The van der Waals surface area contributed by atoms with Crippen LogP contribution in [-0.4, -0.2) is 34.7 Å². The fourth-order valence-corrected chi connectivity index (χ4v) is 4.20.